The summed E-state index contributed by atoms with van der Waals surface area (Å²) in [6, 6.07) is 0. The van der Waals surface area contributed by atoms with Crippen LogP contribution in [0.1, 0.15) is 13.3 Å². The minimum Gasteiger partial charge on any atom is -0.330 e. The quantitative estimate of drug-likeness (QED) is 0.495. The lowest BCUT2D eigenvalue weighted by atomic mass is 10.3. The highest BCUT2D eigenvalue weighted by molar-refractivity contribution is 4.82. The molecule has 0 heterocycles. The van der Waals surface area contributed by atoms with E-state index in [4.69, 9.17) is 5.73 Å². The first-order valence-electron chi connectivity index (χ1n) is 2.54. The van der Waals surface area contributed by atoms with Gasteiger partial charge in [0.1, 0.15) is 0 Å². The molecule has 0 radical (unpaired) electrons. The van der Waals surface area contributed by atoms with E-state index in [1.807, 2.05) is 0 Å². The van der Waals surface area contributed by atoms with Crippen LogP contribution in [0.5, 0.6) is 0 Å². The van der Waals surface area contributed by atoms with Crippen molar-refractivity contribution >= 4 is 0 Å². The second-order valence-electron chi connectivity index (χ2n) is 2.21. The third-order valence-corrected chi connectivity index (χ3v) is 1.58. The monoisotopic (exact) mass is 85.1 g/mol. The van der Waals surface area contributed by atoms with Crippen molar-refractivity contribution in [2.24, 2.45) is 17.6 Å². The average molecular weight is 85.2 g/mol. The van der Waals surface area contributed by atoms with E-state index < -0.39 is 0 Å². The van der Waals surface area contributed by atoms with Gasteiger partial charge >= 0.3 is 0 Å². The predicted octanol–water partition coefficient (Wildman–Crippen LogP) is 0.601. The first kappa shape index (κ1) is 4.13. The Kier molecular flexibility index (Phi) is 0.845. The molecule has 1 aliphatic rings. The summed E-state index contributed by atoms with van der Waals surface area (Å²) in [6.07, 6.45) is 1.37. The van der Waals surface area contributed by atoms with Crippen LogP contribution in [-0.4, -0.2) is 6.54 Å². The van der Waals surface area contributed by atoms with Crippen molar-refractivity contribution < 1.29 is 0 Å². The van der Waals surface area contributed by atoms with Crippen LogP contribution in [0.25, 0.3) is 0 Å². The summed E-state index contributed by atoms with van der Waals surface area (Å²) in [5.41, 5.74) is 5.32. The van der Waals surface area contributed by atoms with Crippen molar-refractivity contribution in [3.05, 3.63) is 0 Å². The molecule has 1 aliphatic carbocycles. The molecular weight excluding hydrogens is 74.1 g/mol. The van der Waals surface area contributed by atoms with Gasteiger partial charge in [-0.1, -0.05) is 6.92 Å². The van der Waals surface area contributed by atoms with E-state index in [0.717, 1.165) is 18.4 Å². The van der Waals surface area contributed by atoms with Gasteiger partial charge in [-0.05, 0) is 24.8 Å². The maximum absolute atomic E-state index is 5.32. The molecule has 2 N–H and O–H groups in total. The smallest absolute Gasteiger partial charge is 0.00462 e. The highest BCUT2D eigenvalue weighted by Crippen LogP contribution is 2.35. The Morgan fingerprint density at radius 2 is 2.33 bits per heavy atom. The topological polar surface area (TPSA) is 26.0 Å². The van der Waals surface area contributed by atoms with Gasteiger partial charge in [-0.15, -0.1) is 0 Å². The van der Waals surface area contributed by atoms with E-state index in [2.05, 4.69) is 6.92 Å². The molecule has 0 amide bonds. The summed E-state index contributed by atoms with van der Waals surface area (Å²) in [5.74, 6) is 1.82. The second-order valence-corrected chi connectivity index (χ2v) is 2.21. The third-order valence-electron chi connectivity index (χ3n) is 1.58. The molecule has 0 spiro atoms. The lowest BCUT2D eigenvalue weighted by Gasteiger charge is -1.80. The van der Waals surface area contributed by atoms with Crippen LogP contribution in [-0.2, 0) is 0 Å². The molecule has 36 valence electrons. The molecule has 1 heteroatoms. The number of hydrogen-bond donors (Lipinski definition) is 1. The Balaban J connectivity index is 2.09. The van der Waals surface area contributed by atoms with Gasteiger partial charge in [-0.2, -0.15) is 0 Å². The van der Waals surface area contributed by atoms with Crippen LogP contribution in [0.4, 0.5) is 0 Å². The molecule has 1 fully saturated rings. The van der Waals surface area contributed by atoms with Crippen LogP contribution in [0.2, 0.25) is 0 Å². The van der Waals surface area contributed by atoms with Crippen LogP contribution in [0, 0.1) is 11.8 Å². The zero-order valence-corrected chi connectivity index (χ0v) is 4.15. The Bertz CT molecular complexity index is 49.9. The highest BCUT2D eigenvalue weighted by Gasteiger charge is 2.30. The zero-order chi connectivity index (χ0) is 4.57. The van der Waals surface area contributed by atoms with Crippen molar-refractivity contribution in [3.8, 4) is 0 Å². The van der Waals surface area contributed by atoms with E-state index in [0.29, 0.717) is 0 Å². The number of rotatable bonds is 1. The molecule has 0 aromatic heterocycles. The average Bonchev–Trinajstić information content (AvgIpc) is 2.19. The van der Waals surface area contributed by atoms with Crippen LogP contribution < -0.4 is 5.73 Å². The molecule has 0 saturated heterocycles. The van der Waals surface area contributed by atoms with Gasteiger partial charge in [-0.25, -0.2) is 0 Å². The molecule has 1 rings (SSSR count). The highest BCUT2D eigenvalue weighted by atomic mass is 14.6. The van der Waals surface area contributed by atoms with Gasteiger partial charge in [0.05, 0.1) is 0 Å². The third kappa shape index (κ3) is 0.548. The van der Waals surface area contributed by atoms with Gasteiger partial charge in [0.25, 0.3) is 0 Å². The molecule has 0 aromatic carbocycles. The van der Waals surface area contributed by atoms with E-state index >= 15 is 0 Å². The van der Waals surface area contributed by atoms with Crippen molar-refractivity contribution in [2.45, 2.75) is 13.3 Å². The normalized spacial score (nSPS) is 43.0. The fourth-order valence-corrected chi connectivity index (χ4v) is 0.728. The predicted molar refractivity (Wildman–Crippen MR) is 26.3 cm³/mol. The minimum absolute atomic E-state index is 0.880. The van der Waals surface area contributed by atoms with E-state index in [9.17, 15) is 0 Å². The summed E-state index contributed by atoms with van der Waals surface area (Å²) in [7, 11) is 0. The Morgan fingerprint density at radius 3 is 2.33 bits per heavy atom. The Hall–Kier alpha value is -0.0400. The molecule has 2 atom stereocenters. The largest absolute Gasteiger partial charge is 0.330 e. The van der Waals surface area contributed by atoms with Gasteiger partial charge in [-0.3, -0.25) is 0 Å². The number of hydrogen-bond acceptors (Lipinski definition) is 1. The molecule has 1 saturated carbocycles. The summed E-state index contributed by atoms with van der Waals surface area (Å²) in [5, 5.41) is 0. The van der Waals surface area contributed by atoms with Crippen molar-refractivity contribution in [3.63, 3.8) is 0 Å². The molecule has 0 bridgehead atoms. The SMILES string of the molecule is C[C@@H]1C[C@H]1CN. The molecule has 0 unspecified atom stereocenters. The van der Waals surface area contributed by atoms with E-state index in [-0.39, 0.29) is 0 Å². The van der Waals surface area contributed by atoms with Crippen LogP contribution in [0.15, 0.2) is 0 Å². The summed E-state index contributed by atoms with van der Waals surface area (Å²) >= 11 is 0. The Morgan fingerprint density at radius 1 is 1.83 bits per heavy atom. The van der Waals surface area contributed by atoms with Gasteiger partial charge < -0.3 is 5.73 Å². The molecular formula is C5H11N. The summed E-state index contributed by atoms with van der Waals surface area (Å²) < 4.78 is 0. The first-order chi connectivity index (χ1) is 2.84. The summed E-state index contributed by atoms with van der Waals surface area (Å²) in [6.45, 7) is 3.15. The lowest BCUT2D eigenvalue weighted by Crippen LogP contribution is -2.00. The zero-order valence-electron chi connectivity index (χ0n) is 4.15. The number of nitrogens with two attached hydrogens (primary N) is 1. The minimum atomic E-state index is 0.880. The van der Waals surface area contributed by atoms with Crippen molar-refractivity contribution in [1.29, 1.82) is 0 Å². The maximum Gasteiger partial charge on any atom is -0.00462 e. The van der Waals surface area contributed by atoms with Crippen LogP contribution >= 0.6 is 0 Å². The fourth-order valence-electron chi connectivity index (χ4n) is 0.728. The van der Waals surface area contributed by atoms with Crippen molar-refractivity contribution in [2.75, 3.05) is 6.54 Å². The van der Waals surface area contributed by atoms with E-state index in [1.165, 1.54) is 6.42 Å². The van der Waals surface area contributed by atoms with Gasteiger partial charge in [0.2, 0.25) is 0 Å². The molecule has 0 aromatic rings. The van der Waals surface area contributed by atoms with Gasteiger partial charge in [0, 0.05) is 0 Å². The molecule has 1 nitrogen and oxygen atoms in total. The Labute approximate surface area is 38.5 Å². The van der Waals surface area contributed by atoms with Crippen LogP contribution in [0.3, 0.4) is 0 Å². The standard InChI is InChI=1S/C5H11N/c1-4-2-5(4)3-6/h4-5H,2-3,6H2,1H3/t4-,5+/m1/s1. The fraction of sp³-hybridized carbons (Fsp3) is 1.00. The van der Waals surface area contributed by atoms with E-state index in [1.54, 1.807) is 0 Å². The second kappa shape index (κ2) is 1.23. The molecule has 0 aliphatic heterocycles. The molecule has 6 heavy (non-hydrogen) atoms. The maximum atomic E-state index is 5.32. The summed E-state index contributed by atoms with van der Waals surface area (Å²) in [4.78, 5) is 0. The van der Waals surface area contributed by atoms with Crippen molar-refractivity contribution in [1.82, 2.24) is 0 Å². The lowest BCUT2D eigenvalue weighted by molar-refractivity contribution is 0.761. The van der Waals surface area contributed by atoms with Gasteiger partial charge in [0.15, 0.2) is 0 Å². The first-order valence-corrected chi connectivity index (χ1v) is 2.54.